The first kappa shape index (κ1) is 9.76. The average Bonchev–Trinajstić information content (AvgIpc) is 2.61. The van der Waals surface area contributed by atoms with Crippen LogP contribution in [0.5, 0.6) is 0 Å². The van der Waals surface area contributed by atoms with Crippen molar-refractivity contribution in [2.45, 2.75) is 0 Å². The van der Waals surface area contributed by atoms with Crippen LogP contribution in [0, 0.1) is 10.1 Å². The second-order valence-electron chi connectivity index (χ2n) is 2.19. The molecule has 1 rings (SSSR count). The maximum atomic E-state index is 10.2. The van der Waals surface area contributed by atoms with Crippen molar-refractivity contribution in [3.63, 3.8) is 0 Å². The Balaban J connectivity index is 2.73. The summed E-state index contributed by atoms with van der Waals surface area (Å²) >= 11 is 0. The first-order valence-electron chi connectivity index (χ1n) is 3.58. The molecular weight excluding hydrogens is 188 g/mol. The van der Waals surface area contributed by atoms with Gasteiger partial charge in [-0.2, -0.15) is 0 Å². The van der Waals surface area contributed by atoms with Crippen LogP contribution in [0.3, 0.4) is 0 Å². The Morgan fingerprint density at radius 3 is 3.00 bits per heavy atom. The molecule has 0 radical (unpaired) electrons. The van der Waals surface area contributed by atoms with E-state index in [1.54, 1.807) is 0 Å². The topological polar surface area (TPSA) is 88.9 Å². The summed E-state index contributed by atoms with van der Waals surface area (Å²) < 4.78 is 4.80. The van der Waals surface area contributed by atoms with Crippen molar-refractivity contribution < 1.29 is 14.5 Å². The number of nitrogens with zero attached hydrogens (tertiary/aromatic N) is 2. The van der Waals surface area contributed by atoms with Gasteiger partial charge in [0.1, 0.15) is 10.7 Å². The molecule has 0 aromatic carbocycles. The molecule has 6 nitrogen and oxygen atoms in total. The van der Waals surface area contributed by atoms with Crippen molar-refractivity contribution in [1.82, 2.24) is 0 Å². The number of allylic oxidation sites excluding steroid dienone is 2. The highest BCUT2D eigenvalue weighted by Gasteiger charge is 2.09. The molecule has 0 saturated carbocycles. The maximum Gasteiger partial charge on any atom is 0.433 e. The van der Waals surface area contributed by atoms with Crippen molar-refractivity contribution in [2.75, 3.05) is 0 Å². The SMILES string of the molecule is O=[N+]([O-])c1ccc(/C=C\C=C=NO)o1. The lowest BCUT2D eigenvalue weighted by Gasteiger charge is -1.81. The summed E-state index contributed by atoms with van der Waals surface area (Å²) in [5, 5.41) is 20.8. The van der Waals surface area contributed by atoms with Gasteiger partial charge in [0.25, 0.3) is 0 Å². The van der Waals surface area contributed by atoms with Gasteiger partial charge in [-0.3, -0.25) is 10.1 Å². The Morgan fingerprint density at radius 1 is 1.64 bits per heavy atom. The minimum atomic E-state index is -0.623. The van der Waals surface area contributed by atoms with Crippen LogP contribution in [0.4, 0.5) is 5.88 Å². The predicted molar refractivity (Wildman–Crippen MR) is 48.2 cm³/mol. The molecule has 0 spiro atoms. The summed E-state index contributed by atoms with van der Waals surface area (Å²) in [5.41, 5.74) is 0. The van der Waals surface area contributed by atoms with Crippen molar-refractivity contribution in [1.29, 1.82) is 0 Å². The van der Waals surface area contributed by atoms with E-state index in [4.69, 9.17) is 9.62 Å². The van der Waals surface area contributed by atoms with Gasteiger partial charge in [-0.05, 0) is 23.4 Å². The summed E-state index contributed by atoms with van der Waals surface area (Å²) in [6, 6.07) is 2.71. The zero-order valence-electron chi connectivity index (χ0n) is 6.95. The first-order chi connectivity index (χ1) is 6.74. The minimum absolute atomic E-state index is 0.315. The van der Waals surface area contributed by atoms with E-state index in [9.17, 15) is 10.1 Å². The molecule has 6 heteroatoms. The third-order valence-corrected chi connectivity index (χ3v) is 1.28. The fourth-order valence-corrected chi connectivity index (χ4v) is 0.749. The number of hydrogen-bond acceptors (Lipinski definition) is 5. The summed E-state index contributed by atoms with van der Waals surface area (Å²) in [6.45, 7) is 0. The Kier molecular flexibility index (Phi) is 3.23. The third kappa shape index (κ3) is 2.62. The van der Waals surface area contributed by atoms with E-state index >= 15 is 0 Å². The smallest absolute Gasteiger partial charge is 0.404 e. The largest absolute Gasteiger partial charge is 0.433 e. The van der Waals surface area contributed by atoms with Gasteiger partial charge in [0, 0.05) is 11.9 Å². The maximum absolute atomic E-state index is 10.2. The van der Waals surface area contributed by atoms with Crippen LogP contribution in [-0.2, 0) is 0 Å². The van der Waals surface area contributed by atoms with Gasteiger partial charge in [0.2, 0.25) is 0 Å². The normalized spacial score (nSPS) is 9.71. The van der Waals surface area contributed by atoms with Gasteiger partial charge >= 0.3 is 5.88 Å². The van der Waals surface area contributed by atoms with Gasteiger partial charge in [0.15, 0.2) is 0 Å². The molecule has 1 N–H and O–H groups in total. The van der Waals surface area contributed by atoms with E-state index in [1.165, 1.54) is 30.4 Å². The first-order valence-corrected chi connectivity index (χ1v) is 3.58. The molecule has 0 aliphatic rings. The molecule has 0 atom stereocenters. The third-order valence-electron chi connectivity index (χ3n) is 1.28. The molecular formula is C8H6N2O4. The lowest BCUT2D eigenvalue weighted by atomic mass is 10.4. The summed E-state index contributed by atoms with van der Waals surface area (Å²) in [6.07, 6.45) is 4.28. The monoisotopic (exact) mass is 194 g/mol. The second kappa shape index (κ2) is 4.64. The molecule has 14 heavy (non-hydrogen) atoms. The summed E-state index contributed by atoms with van der Waals surface area (Å²) in [4.78, 5) is 9.59. The van der Waals surface area contributed by atoms with E-state index in [1.807, 2.05) is 0 Å². The van der Waals surface area contributed by atoms with Crippen molar-refractivity contribution in [2.24, 2.45) is 5.16 Å². The Labute approximate surface area is 78.6 Å². The van der Waals surface area contributed by atoms with Crippen molar-refractivity contribution >= 4 is 17.8 Å². The molecule has 0 amide bonds. The van der Waals surface area contributed by atoms with Gasteiger partial charge in [-0.25, -0.2) is 0 Å². The van der Waals surface area contributed by atoms with Crippen LogP contribution >= 0.6 is 0 Å². The molecule has 72 valence electrons. The molecule has 0 aliphatic carbocycles. The molecule has 1 aromatic heterocycles. The van der Waals surface area contributed by atoms with E-state index < -0.39 is 4.92 Å². The predicted octanol–water partition coefficient (Wildman–Crippen LogP) is 1.82. The van der Waals surface area contributed by atoms with Gasteiger partial charge in [-0.1, -0.05) is 0 Å². The van der Waals surface area contributed by atoms with E-state index in [2.05, 4.69) is 11.0 Å². The molecule has 1 aromatic rings. The van der Waals surface area contributed by atoms with E-state index in [-0.39, 0.29) is 5.88 Å². The van der Waals surface area contributed by atoms with E-state index in [0.717, 1.165) is 0 Å². The molecule has 0 bridgehead atoms. The van der Waals surface area contributed by atoms with Crippen LogP contribution in [0.15, 0.2) is 33.9 Å². The summed E-state index contributed by atoms with van der Waals surface area (Å²) in [7, 11) is 0. The van der Waals surface area contributed by atoms with Crippen LogP contribution in [0.2, 0.25) is 0 Å². The Bertz CT molecular complexity index is 413. The van der Waals surface area contributed by atoms with Gasteiger partial charge in [0.05, 0.1) is 6.07 Å². The lowest BCUT2D eigenvalue weighted by molar-refractivity contribution is -0.402. The fourth-order valence-electron chi connectivity index (χ4n) is 0.749. The number of hydrogen-bond donors (Lipinski definition) is 1. The molecule has 0 unspecified atom stereocenters. The Hall–Kier alpha value is -2.33. The summed E-state index contributed by atoms with van der Waals surface area (Å²) in [5.74, 6) is 2.17. The molecule has 0 saturated heterocycles. The standard InChI is InChI=1S/C8H6N2O4/c11-9-6-2-1-3-7-4-5-8(14-7)10(12)13/h1-5,11H/b3-1-. The second-order valence-corrected chi connectivity index (χ2v) is 2.19. The fraction of sp³-hybridized carbons (Fsp3) is 0. The molecule has 0 fully saturated rings. The highest BCUT2D eigenvalue weighted by molar-refractivity contribution is 5.58. The van der Waals surface area contributed by atoms with Crippen LogP contribution in [0.1, 0.15) is 5.76 Å². The van der Waals surface area contributed by atoms with Crippen LogP contribution in [-0.4, -0.2) is 16.0 Å². The number of nitro groups is 1. The van der Waals surface area contributed by atoms with Crippen LogP contribution < -0.4 is 0 Å². The Morgan fingerprint density at radius 2 is 2.43 bits per heavy atom. The van der Waals surface area contributed by atoms with Crippen molar-refractivity contribution in [3.8, 4) is 0 Å². The van der Waals surface area contributed by atoms with E-state index in [0.29, 0.717) is 5.76 Å². The number of furan rings is 1. The van der Waals surface area contributed by atoms with Gasteiger partial charge in [-0.15, -0.1) is 0 Å². The highest BCUT2D eigenvalue weighted by atomic mass is 16.6. The van der Waals surface area contributed by atoms with Gasteiger partial charge < -0.3 is 9.62 Å². The minimum Gasteiger partial charge on any atom is -0.404 e. The highest BCUT2D eigenvalue weighted by Crippen LogP contribution is 2.16. The molecule has 1 heterocycles. The zero-order chi connectivity index (χ0) is 10.4. The number of rotatable bonds is 3. The lowest BCUT2D eigenvalue weighted by Crippen LogP contribution is -1.82. The average molecular weight is 194 g/mol. The zero-order valence-corrected chi connectivity index (χ0v) is 6.95. The van der Waals surface area contributed by atoms with Crippen molar-refractivity contribution in [3.05, 3.63) is 40.2 Å². The quantitative estimate of drug-likeness (QED) is 0.261. The van der Waals surface area contributed by atoms with Crippen LogP contribution in [0.25, 0.3) is 6.08 Å². The molecule has 0 aliphatic heterocycles.